The van der Waals surface area contributed by atoms with Crippen LogP contribution in [0.25, 0.3) is 11.1 Å². The van der Waals surface area contributed by atoms with Crippen molar-refractivity contribution < 1.29 is 27.1 Å². The van der Waals surface area contributed by atoms with Crippen molar-refractivity contribution in [2.24, 2.45) is 5.92 Å². The van der Waals surface area contributed by atoms with Gasteiger partial charge in [0.05, 0.1) is 12.9 Å². The Hall–Kier alpha value is -3.46. The molecule has 7 nitrogen and oxygen atoms in total. The molecule has 1 aromatic heterocycles. The predicted molar refractivity (Wildman–Crippen MR) is 130 cm³/mol. The molecule has 0 bridgehead atoms. The van der Waals surface area contributed by atoms with E-state index in [4.69, 9.17) is 9.47 Å². The number of sulfonamides is 1. The van der Waals surface area contributed by atoms with Crippen molar-refractivity contribution in [2.75, 3.05) is 12.9 Å². The summed E-state index contributed by atoms with van der Waals surface area (Å²) in [6.45, 7) is 2.67. The fraction of sp³-hybridized carbons (Fsp3) is 0.308. The molecule has 1 aliphatic carbocycles. The standard InChI is InChI=1S/C26H27FN2O5S/c1-17-24(10-11-25(28-17)34-16-18-4-3-5-18)21-12-22(27)14-23(13-21)33-15-19-6-8-20(9-7-19)26(30)29-35(2,31)32/h6-14,18H,3-5,15-16H2,1-2H3,(H,29,30). The van der Waals surface area contributed by atoms with Gasteiger partial charge in [-0.2, -0.15) is 0 Å². The highest BCUT2D eigenvalue weighted by atomic mass is 32.2. The quantitative estimate of drug-likeness (QED) is 0.462. The van der Waals surface area contributed by atoms with Gasteiger partial charge in [0.15, 0.2) is 0 Å². The molecule has 0 radical (unpaired) electrons. The molecule has 4 rings (SSSR count). The SMILES string of the molecule is Cc1nc(OCC2CCC2)ccc1-c1cc(F)cc(OCc2ccc(C(=O)NS(C)(=O)=O)cc2)c1. The summed E-state index contributed by atoms with van der Waals surface area (Å²) in [6.07, 6.45) is 4.57. The predicted octanol–water partition coefficient (Wildman–Crippen LogP) is 4.64. The van der Waals surface area contributed by atoms with Gasteiger partial charge in [-0.3, -0.25) is 4.79 Å². The Balaban J connectivity index is 1.41. The molecule has 35 heavy (non-hydrogen) atoms. The zero-order valence-electron chi connectivity index (χ0n) is 19.6. The molecule has 0 atom stereocenters. The van der Waals surface area contributed by atoms with Crippen LogP contribution in [-0.4, -0.2) is 32.2 Å². The highest BCUT2D eigenvalue weighted by Crippen LogP contribution is 2.30. The molecular formula is C26H27FN2O5S. The van der Waals surface area contributed by atoms with E-state index in [0.717, 1.165) is 23.1 Å². The Morgan fingerprint density at radius 1 is 1.09 bits per heavy atom. The number of nitrogens with zero attached hydrogens (tertiary/aromatic N) is 1. The van der Waals surface area contributed by atoms with Gasteiger partial charge in [-0.15, -0.1) is 0 Å². The van der Waals surface area contributed by atoms with E-state index in [1.165, 1.54) is 43.5 Å². The van der Waals surface area contributed by atoms with E-state index >= 15 is 0 Å². The summed E-state index contributed by atoms with van der Waals surface area (Å²) >= 11 is 0. The van der Waals surface area contributed by atoms with E-state index in [1.807, 2.05) is 17.7 Å². The van der Waals surface area contributed by atoms with Crippen molar-refractivity contribution in [3.63, 3.8) is 0 Å². The largest absolute Gasteiger partial charge is 0.489 e. The van der Waals surface area contributed by atoms with Crippen molar-refractivity contribution in [3.05, 3.63) is 77.2 Å². The lowest BCUT2D eigenvalue weighted by molar-refractivity contribution is 0.0981. The maximum Gasteiger partial charge on any atom is 0.264 e. The molecule has 2 aromatic carbocycles. The van der Waals surface area contributed by atoms with Crippen LogP contribution in [0, 0.1) is 18.7 Å². The van der Waals surface area contributed by atoms with Gasteiger partial charge in [0.2, 0.25) is 15.9 Å². The molecule has 1 saturated carbocycles. The molecule has 0 unspecified atom stereocenters. The highest BCUT2D eigenvalue weighted by Gasteiger charge is 2.18. The van der Waals surface area contributed by atoms with Crippen LogP contribution in [0.4, 0.5) is 4.39 Å². The average Bonchev–Trinajstić information content (AvgIpc) is 2.75. The molecule has 0 saturated heterocycles. The van der Waals surface area contributed by atoms with Gasteiger partial charge in [-0.05, 0) is 67.1 Å². The van der Waals surface area contributed by atoms with Crippen molar-refractivity contribution in [1.29, 1.82) is 0 Å². The van der Waals surface area contributed by atoms with Crippen LogP contribution in [-0.2, 0) is 16.6 Å². The Bertz CT molecular complexity index is 1320. The minimum Gasteiger partial charge on any atom is -0.489 e. The summed E-state index contributed by atoms with van der Waals surface area (Å²) < 4.78 is 50.3. The number of aromatic nitrogens is 1. The fourth-order valence-electron chi connectivity index (χ4n) is 3.73. The number of pyridine rings is 1. The second kappa shape index (κ2) is 10.4. The van der Waals surface area contributed by atoms with Gasteiger partial charge in [0, 0.05) is 29.0 Å². The molecule has 1 aliphatic rings. The molecule has 3 aromatic rings. The van der Waals surface area contributed by atoms with Crippen LogP contribution in [0.1, 0.15) is 40.9 Å². The van der Waals surface area contributed by atoms with E-state index in [9.17, 15) is 17.6 Å². The van der Waals surface area contributed by atoms with Gasteiger partial charge < -0.3 is 9.47 Å². The van der Waals surface area contributed by atoms with Crippen LogP contribution >= 0.6 is 0 Å². The molecule has 9 heteroatoms. The van der Waals surface area contributed by atoms with Gasteiger partial charge in [0.1, 0.15) is 18.2 Å². The number of amides is 1. The third-order valence-corrected chi connectivity index (χ3v) is 6.39. The van der Waals surface area contributed by atoms with Crippen molar-refractivity contribution in [2.45, 2.75) is 32.8 Å². The first-order valence-electron chi connectivity index (χ1n) is 11.3. The Morgan fingerprint density at radius 2 is 1.83 bits per heavy atom. The summed E-state index contributed by atoms with van der Waals surface area (Å²) in [5, 5.41) is 0. The van der Waals surface area contributed by atoms with E-state index in [-0.39, 0.29) is 12.2 Å². The second-order valence-electron chi connectivity index (χ2n) is 8.75. The van der Waals surface area contributed by atoms with Crippen LogP contribution in [0.15, 0.2) is 54.6 Å². The molecule has 1 fully saturated rings. The molecule has 184 valence electrons. The van der Waals surface area contributed by atoms with E-state index in [2.05, 4.69) is 4.98 Å². The lowest BCUT2D eigenvalue weighted by atomic mass is 9.86. The summed E-state index contributed by atoms with van der Waals surface area (Å²) in [5.74, 6) is 0.386. The van der Waals surface area contributed by atoms with Gasteiger partial charge >= 0.3 is 0 Å². The smallest absolute Gasteiger partial charge is 0.264 e. The van der Waals surface area contributed by atoms with Crippen molar-refractivity contribution in [1.82, 2.24) is 9.71 Å². The number of nitrogens with one attached hydrogen (secondary N) is 1. The van der Waals surface area contributed by atoms with Crippen LogP contribution in [0.2, 0.25) is 0 Å². The second-order valence-corrected chi connectivity index (χ2v) is 10.5. The number of carbonyl (C=O) groups is 1. The van der Waals surface area contributed by atoms with E-state index in [0.29, 0.717) is 29.7 Å². The number of hydrogen-bond donors (Lipinski definition) is 1. The Morgan fingerprint density at radius 3 is 2.46 bits per heavy atom. The number of ether oxygens (including phenoxy) is 2. The Kier molecular flexibility index (Phi) is 7.35. The van der Waals surface area contributed by atoms with Gasteiger partial charge in [0.25, 0.3) is 5.91 Å². The summed E-state index contributed by atoms with van der Waals surface area (Å²) in [4.78, 5) is 16.4. The normalized spacial score (nSPS) is 13.7. The zero-order valence-corrected chi connectivity index (χ0v) is 20.4. The van der Waals surface area contributed by atoms with Gasteiger partial charge in [-0.25, -0.2) is 22.5 Å². The maximum atomic E-state index is 14.4. The van der Waals surface area contributed by atoms with E-state index < -0.39 is 21.7 Å². The van der Waals surface area contributed by atoms with Crippen LogP contribution < -0.4 is 14.2 Å². The maximum absolute atomic E-state index is 14.4. The summed E-state index contributed by atoms with van der Waals surface area (Å²) in [7, 11) is -3.64. The minimum atomic E-state index is -3.64. The van der Waals surface area contributed by atoms with Crippen molar-refractivity contribution in [3.8, 4) is 22.8 Å². The average molecular weight is 499 g/mol. The molecule has 1 N–H and O–H groups in total. The summed E-state index contributed by atoms with van der Waals surface area (Å²) in [6, 6.07) is 14.4. The highest BCUT2D eigenvalue weighted by molar-refractivity contribution is 7.89. The van der Waals surface area contributed by atoms with E-state index in [1.54, 1.807) is 24.3 Å². The molecule has 1 heterocycles. The fourth-order valence-corrected chi connectivity index (χ4v) is 4.19. The molecule has 1 amide bonds. The number of benzene rings is 2. The summed E-state index contributed by atoms with van der Waals surface area (Å²) in [5.41, 5.74) is 3.10. The zero-order chi connectivity index (χ0) is 25.0. The number of rotatable bonds is 9. The van der Waals surface area contributed by atoms with Crippen LogP contribution in [0.5, 0.6) is 11.6 Å². The molecule has 0 aliphatic heterocycles. The monoisotopic (exact) mass is 498 g/mol. The van der Waals surface area contributed by atoms with Crippen LogP contribution in [0.3, 0.4) is 0 Å². The first kappa shape index (κ1) is 24.7. The topological polar surface area (TPSA) is 94.6 Å². The number of carbonyl (C=O) groups excluding carboxylic acids is 1. The number of hydrogen-bond acceptors (Lipinski definition) is 6. The third kappa shape index (κ3) is 6.79. The first-order valence-corrected chi connectivity index (χ1v) is 13.2. The number of halogens is 1. The number of aryl methyl sites for hydroxylation is 1. The Labute approximate surface area is 204 Å². The van der Waals surface area contributed by atoms with Gasteiger partial charge in [-0.1, -0.05) is 18.6 Å². The lowest BCUT2D eigenvalue weighted by Gasteiger charge is -2.24. The van der Waals surface area contributed by atoms with Crippen molar-refractivity contribution >= 4 is 15.9 Å². The minimum absolute atomic E-state index is 0.141. The first-order chi connectivity index (χ1) is 16.7. The molecular weight excluding hydrogens is 471 g/mol. The third-order valence-electron chi connectivity index (χ3n) is 5.83. The lowest BCUT2D eigenvalue weighted by Crippen LogP contribution is -2.29. The molecule has 0 spiro atoms.